The van der Waals surface area contributed by atoms with Crippen LogP contribution in [0.15, 0.2) is 24.3 Å². The molecule has 0 aliphatic carbocycles. The summed E-state index contributed by atoms with van der Waals surface area (Å²) in [6, 6.07) is 7.33. The van der Waals surface area contributed by atoms with E-state index in [1.54, 1.807) is 13.2 Å². The molecule has 3 aliphatic rings. The number of para-hydroxylation sites is 2. The van der Waals surface area contributed by atoms with Gasteiger partial charge in [-0.25, -0.2) is 4.79 Å². The van der Waals surface area contributed by atoms with Crippen molar-refractivity contribution < 1.29 is 14.3 Å². The predicted octanol–water partition coefficient (Wildman–Crippen LogP) is 2.76. The van der Waals surface area contributed by atoms with Crippen LogP contribution in [0, 0.1) is 5.92 Å². The second-order valence-corrected chi connectivity index (χ2v) is 5.41. The highest BCUT2D eigenvalue weighted by molar-refractivity contribution is 5.86. The first-order valence-electron chi connectivity index (χ1n) is 7.09. The molecule has 4 rings (SSSR count). The van der Waals surface area contributed by atoms with E-state index in [0.29, 0.717) is 17.4 Å². The Kier molecular flexibility index (Phi) is 5.31. The first-order valence-corrected chi connectivity index (χ1v) is 7.09. The van der Waals surface area contributed by atoms with Gasteiger partial charge < -0.3 is 9.47 Å². The Morgan fingerprint density at radius 2 is 2.00 bits per heavy atom. The Morgan fingerprint density at radius 3 is 2.62 bits per heavy atom. The quantitative estimate of drug-likeness (QED) is 0.932. The van der Waals surface area contributed by atoms with Gasteiger partial charge in [-0.15, -0.1) is 12.4 Å². The normalized spacial score (nSPS) is 26.6. The summed E-state index contributed by atoms with van der Waals surface area (Å²) < 4.78 is 10.8. The molecule has 3 fully saturated rings. The summed E-state index contributed by atoms with van der Waals surface area (Å²) in [4.78, 5) is 14.4. The number of anilines is 1. The second kappa shape index (κ2) is 7.00. The Labute approximate surface area is 131 Å². The van der Waals surface area contributed by atoms with Gasteiger partial charge in [-0.1, -0.05) is 12.1 Å². The number of halogens is 1. The molecule has 0 spiro atoms. The molecule has 3 heterocycles. The fourth-order valence-electron chi connectivity index (χ4n) is 3.07. The molecule has 0 radical (unpaired) electrons. The first-order chi connectivity index (χ1) is 9.76. The SMILES string of the molecule is COc1ccccc1NC(=O)OC1CN2CCC1CC2.Cl. The number of hydrogen-bond acceptors (Lipinski definition) is 4. The Balaban J connectivity index is 0.00000161. The van der Waals surface area contributed by atoms with Gasteiger partial charge in [0.15, 0.2) is 0 Å². The summed E-state index contributed by atoms with van der Waals surface area (Å²) >= 11 is 0. The summed E-state index contributed by atoms with van der Waals surface area (Å²) in [5.41, 5.74) is 0.640. The number of rotatable bonds is 3. The Bertz CT molecular complexity index is 490. The number of benzene rings is 1. The van der Waals surface area contributed by atoms with Crippen LogP contribution in [0.4, 0.5) is 10.5 Å². The molecule has 1 amide bonds. The monoisotopic (exact) mass is 312 g/mol. The van der Waals surface area contributed by atoms with Crippen molar-refractivity contribution in [2.45, 2.75) is 18.9 Å². The zero-order valence-corrected chi connectivity index (χ0v) is 12.9. The number of piperidine rings is 3. The average Bonchev–Trinajstić information content (AvgIpc) is 2.49. The van der Waals surface area contributed by atoms with E-state index < -0.39 is 6.09 Å². The molecule has 1 N–H and O–H groups in total. The van der Waals surface area contributed by atoms with E-state index in [1.807, 2.05) is 18.2 Å². The molecule has 1 aromatic rings. The molecular weight excluding hydrogens is 292 g/mol. The zero-order chi connectivity index (χ0) is 13.9. The molecular formula is C15H21ClN2O3. The number of fused-ring (bicyclic) bond motifs is 3. The number of carbonyl (C=O) groups is 1. The fourth-order valence-corrected chi connectivity index (χ4v) is 3.07. The van der Waals surface area contributed by atoms with Crippen molar-refractivity contribution in [3.8, 4) is 5.75 Å². The molecule has 1 unspecified atom stereocenters. The van der Waals surface area contributed by atoms with E-state index >= 15 is 0 Å². The number of hydrogen-bond donors (Lipinski definition) is 1. The molecule has 0 aromatic heterocycles. The van der Waals surface area contributed by atoms with Crippen LogP contribution in [0.2, 0.25) is 0 Å². The maximum absolute atomic E-state index is 12.0. The van der Waals surface area contributed by atoms with Crippen LogP contribution in [0.3, 0.4) is 0 Å². The van der Waals surface area contributed by atoms with Gasteiger partial charge in [0.2, 0.25) is 0 Å². The summed E-state index contributed by atoms with van der Waals surface area (Å²) in [5, 5.41) is 2.76. The number of amides is 1. The number of ether oxygens (including phenoxy) is 2. The molecule has 2 bridgehead atoms. The van der Waals surface area contributed by atoms with Crippen molar-refractivity contribution in [2.75, 3.05) is 32.1 Å². The lowest BCUT2D eigenvalue weighted by Crippen LogP contribution is -2.52. The summed E-state index contributed by atoms with van der Waals surface area (Å²) in [7, 11) is 1.58. The van der Waals surface area contributed by atoms with Crippen molar-refractivity contribution in [1.29, 1.82) is 0 Å². The Morgan fingerprint density at radius 1 is 1.29 bits per heavy atom. The lowest BCUT2D eigenvalue weighted by Gasteiger charge is -2.43. The third-order valence-corrected chi connectivity index (χ3v) is 4.20. The first kappa shape index (κ1) is 15.9. The number of nitrogens with one attached hydrogen (secondary N) is 1. The van der Waals surface area contributed by atoms with E-state index in [4.69, 9.17) is 9.47 Å². The molecule has 3 saturated heterocycles. The lowest BCUT2D eigenvalue weighted by atomic mass is 9.86. The number of carbonyl (C=O) groups excluding carboxylic acids is 1. The fraction of sp³-hybridized carbons (Fsp3) is 0.533. The van der Waals surface area contributed by atoms with Gasteiger partial charge in [0.1, 0.15) is 11.9 Å². The maximum Gasteiger partial charge on any atom is 0.412 e. The van der Waals surface area contributed by atoms with Crippen molar-refractivity contribution in [2.24, 2.45) is 5.92 Å². The van der Waals surface area contributed by atoms with E-state index in [9.17, 15) is 4.79 Å². The smallest absolute Gasteiger partial charge is 0.412 e. The highest BCUT2D eigenvalue weighted by atomic mass is 35.5. The minimum atomic E-state index is -0.395. The summed E-state index contributed by atoms with van der Waals surface area (Å²) in [6.07, 6.45) is 1.89. The highest BCUT2D eigenvalue weighted by Crippen LogP contribution is 2.30. The van der Waals surface area contributed by atoms with Crippen LogP contribution >= 0.6 is 12.4 Å². The molecule has 21 heavy (non-hydrogen) atoms. The van der Waals surface area contributed by atoms with Crippen LogP contribution in [-0.2, 0) is 4.74 Å². The van der Waals surface area contributed by atoms with Crippen molar-refractivity contribution in [3.05, 3.63) is 24.3 Å². The average molecular weight is 313 g/mol. The molecule has 1 aromatic carbocycles. The predicted molar refractivity (Wildman–Crippen MR) is 83.3 cm³/mol. The standard InChI is InChI=1S/C15H20N2O3.ClH/c1-19-13-5-3-2-4-12(13)16-15(18)20-14-10-17-8-6-11(14)7-9-17;/h2-5,11,14H,6-10H2,1H3,(H,16,18);1H. The largest absolute Gasteiger partial charge is 0.495 e. The van der Waals surface area contributed by atoms with Gasteiger partial charge in [0.25, 0.3) is 0 Å². The number of methoxy groups -OCH3 is 1. The van der Waals surface area contributed by atoms with Gasteiger partial charge >= 0.3 is 6.09 Å². The third-order valence-electron chi connectivity index (χ3n) is 4.20. The van der Waals surface area contributed by atoms with Crippen LogP contribution in [0.1, 0.15) is 12.8 Å². The topological polar surface area (TPSA) is 50.8 Å². The van der Waals surface area contributed by atoms with Gasteiger partial charge in [0, 0.05) is 6.54 Å². The van der Waals surface area contributed by atoms with E-state index in [-0.39, 0.29) is 18.5 Å². The van der Waals surface area contributed by atoms with E-state index in [1.165, 1.54) is 0 Å². The molecule has 5 nitrogen and oxygen atoms in total. The van der Waals surface area contributed by atoms with Crippen molar-refractivity contribution in [1.82, 2.24) is 4.90 Å². The van der Waals surface area contributed by atoms with Gasteiger partial charge in [-0.2, -0.15) is 0 Å². The highest BCUT2D eigenvalue weighted by Gasteiger charge is 2.36. The minimum Gasteiger partial charge on any atom is -0.495 e. The summed E-state index contributed by atoms with van der Waals surface area (Å²) in [5.74, 6) is 1.15. The van der Waals surface area contributed by atoms with Crippen LogP contribution < -0.4 is 10.1 Å². The Hall–Kier alpha value is -1.46. The molecule has 0 saturated carbocycles. The van der Waals surface area contributed by atoms with Crippen molar-refractivity contribution in [3.63, 3.8) is 0 Å². The van der Waals surface area contributed by atoms with Gasteiger partial charge in [-0.05, 0) is 44.0 Å². The molecule has 116 valence electrons. The lowest BCUT2D eigenvalue weighted by molar-refractivity contribution is -0.0289. The number of nitrogens with zero attached hydrogens (tertiary/aromatic N) is 1. The van der Waals surface area contributed by atoms with Crippen LogP contribution in [0.25, 0.3) is 0 Å². The summed E-state index contributed by atoms with van der Waals surface area (Å²) in [6.45, 7) is 3.14. The van der Waals surface area contributed by atoms with E-state index in [0.717, 1.165) is 32.5 Å². The zero-order valence-electron chi connectivity index (χ0n) is 12.1. The minimum absolute atomic E-state index is 0. The molecule has 1 atom stereocenters. The van der Waals surface area contributed by atoms with Gasteiger partial charge in [0.05, 0.1) is 12.8 Å². The maximum atomic E-state index is 12.0. The van der Waals surface area contributed by atoms with Crippen molar-refractivity contribution >= 4 is 24.2 Å². The second-order valence-electron chi connectivity index (χ2n) is 5.41. The third kappa shape index (κ3) is 3.60. The van der Waals surface area contributed by atoms with Crippen LogP contribution in [-0.4, -0.2) is 43.8 Å². The van der Waals surface area contributed by atoms with Gasteiger partial charge in [-0.3, -0.25) is 10.2 Å². The van der Waals surface area contributed by atoms with Crippen LogP contribution in [0.5, 0.6) is 5.75 Å². The molecule has 6 heteroatoms. The molecule has 3 aliphatic heterocycles. The van der Waals surface area contributed by atoms with E-state index in [2.05, 4.69) is 10.2 Å².